The van der Waals surface area contributed by atoms with Crippen molar-refractivity contribution in [2.45, 2.75) is 19.3 Å². The molecule has 0 aromatic heterocycles. The van der Waals surface area contributed by atoms with Crippen LogP contribution in [0.3, 0.4) is 0 Å². The van der Waals surface area contributed by atoms with Crippen LogP contribution < -0.4 is 5.73 Å². The molecule has 1 fully saturated rings. The number of ether oxygens (including phenoxy) is 4. The van der Waals surface area contributed by atoms with Crippen LogP contribution in [0.25, 0.3) is 0 Å². The molecule has 25 heavy (non-hydrogen) atoms. The maximum atomic E-state index is 11.1. The van der Waals surface area contributed by atoms with Gasteiger partial charge in [-0.1, -0.05) is 0 Å². The second-order valence-corrected chi connectivity index (χ2v) is 5.92. The largest absolute Gasteiger partial charge is 0.379 e. The van der Waals surface area contributed by atoms with Crippen molar-refractivity contribution < 1.29 is 28.5 Å². The lowest BCUT2D eigenvalue weighted by Crippen LogP contribution is -2.40. The molecule has 0 bridgehead atoms. The number of hydrogen-bond acceptors (Lipinski definition) is 7. The molecule has 0 aliphatic carbocycles. The molecule has 0 radical (unpaired) electrons. The van der Waals surface area contributed by atoms with Crippen LogP contribution in [0.15, 0.2) is 0 Å². The number of likely N-dealkylation sites (tertiary alicyclic amines) is 1. The third-order valence-corrected chi connectivity index (χ3v) is 4.04. The predicted molar refractivity (Wildman–Crippen MR) is 92.3 cm³/mol. The van der Waals surface area contributed by atoms with Crippen molar-refractivity contribution in [2.24, 2.45) is 11.7 Å². The molecule has 146 valence electrons. The SMILES string of the molecule is NC(=O)C1CCN(CCOCCOCCOCCOCCC=O)CC1. The summed E-state index contributed by atoms with van der Waals surface area (Å²) >= 11 is 0. The fraction of sp³-hybridized carbons (Fsp3) is 0.882. The Hall–Kier alpha value is -1.06. The minimum Gasteiger partial charge on any atom is -0.379 e. The number of aldehydes is 1. The fourth-order valence-electron chi connectivity index (χ4n) is 2.53. The number of nitrogens with two attached hydrogens (primary N) is 1. The van der Waals surface area contributed by atoms with Crippen molar-refractivity contribution >= 4 is 12.2 Å². The van der Waals surface area contributed by atoms with Gasteiger partial charge in [0.2, 0.25) is 5.91 Å². The maximum absolute atomic E-state index is 11.1. The molecule has 0 saturated carbocycles. The van der Waals surface area contributed by atoms with Gasteiger partial charge in [0.25, 0.3) is 0 Å². The summed E-state index contributed by atoms with van der Waals surface area (Å²) in [5, 5.41) is 0. The molecule has 1 rings (SSSR count). The van der Waals surface area contributed by atoms with E-state index in [0.29, 0.717) is 59.3 Å². The second kappa shape index (κ2) is 15.2. The van der Waals surface area contributed by atoms with Gasteiger partial charge in [-0.15, -0.1) is 0 Å². The van der Waals surface area contributed by atoms with Gasteiger partial charge in [-0.05, 0) is 25.9 Å². The van der Waals surface area contributed by atoms with Gasteiger partial charge in [0.05, 0.1) is 52.9 Å². The average Bonchev–Trinajstić information content (AvgIpc) is 2.62. The molecule has 1 amide bonds. The number of piperidine rings is 1. The minimum atomic E-state index is -0.178. The van der Waals surface area contributed by atoms with Crippen molar-refractivity contribution in [1.82, 2.24) is 4.90 Å². The van der Waals surface area contributed by atoms with E-state index in [9.17, 15) is 9.59 Å². The first-order chi connectivity index (χ1) is 12.2. The Morgan fingerprint density at radius 1 is 0.880 bits per heavy atom. The summed E-state index contributed by atoms with van der Waals surface area (Å²) in [5.74, 6) is -0.141. The van der Waals surface area contributed by atoms with Crippen LogP contribution in [0.5, 0.6) is 0 Å². The smallest absolute Gasteiger partial charge is 0.220 e. The molecule has 1 aliphatic heterocycles. The maximum Gasteiger partial charge on any atom is 0.220 e. The molecular weight excluding hydrogens is 328 g/mol. The molecule has 2 N–H and O–H groups in total. The number of carbonyl (C=O) groups excluding carboxylic acids is 2. The van der Waals surface area contributed by atoms with Crippen molar-refractivity contribution in [3.63, 3.8) is 0 Å². The summed E-state index contributed by atoms with van der Waals surface area (Å²) in [4.78, 5) is 23.5. The third-order valence-electron chi connectivity index (χ3n) is 4.04. The van der Waals surface area contributed by atoms with Gasteiger partial charge in [-0.2, -0.15) is 0 Å². The summed E-state index contributed by atoms with van der Waals surface area (Å²) in [7, 11) is 0. The standard InChI is InChI=1S/C17H32N2O6/c18-17(21)16-2-4-19(5-3-16)6-9-23-11-13-25-15-14-24-12-10-22-8-1-7-20/h7,16H,1-6,8-15H2,(H2,18,21). The zero-order valence-electron chi connectivity index (χ0n) is 15.0. The Kier molecular flexibility index (Phi) is 13.4. The van der Waals surface area contributed by atoms with Gasteiger partial charge in [-0.25, -0.2) is 0 Å². The Bertz CT molecular complexity index is 348. The number of hydrogen-bond donors (Lipinski definition) is 1. The molecule has 1 aliphatic rings. The number of primary amides is 1. The van der Waals surface area contributed by atoms with E-state index < -0.39 is 0 Å². The summed E-state index contributed by atoms with van der Waals surface area (Å²) in [5.41, 5.74) is 5.32. The van der Waals surface area contributed by atoms with Gasteiger partial charge < -0.3 is 34.4 Å². The molecule has 0 atom stereocenters. The van der Waals surface area contributed by atoms with Crippen LogP contribution in [0.1, 0.15) is 19.3 Å². The summed E-state index contributed by atoms with van der Waals surface area (Å²) in [6.07, 6.45) is 2.96. The quantitative estimate of drug-likeness (QED) is 0.301. The lowest BCUT2D eigenvalue weighted by atomic mass is 9.96. The first-order valence-corrected chi connectivity index (χ1v) is 9.00. The molecule has 1 saturated heterocycles. The summed E-state index contributed by atoms with van der Waals surface area (Å²) in [6, 6.07) is 0. The zero-order valence-corrected chi connectivity index (χ0v) is 15.0. The molecule has 0 aromatic rings. The predicted octanol–water partition coefficient (Wildman–Crippen LogP) is -0.161. The number of rotatable bonds is 16. The van der Waals surface area contributed by atoms with Crippen LogP contribution in [-0.2, 0) is 28.5 Å². The third kappa shape index (κ3) is 12.0. The van der Waals surface area contributed by atoms with Crippen LogP contribution in [0, 0.1) is 5.92 Å². The normalized spacial score (nSPS) is 16.2. The van der Waals surface area contributed by atoms with E-state index >= 15 is 0 Å². The molecule has 8 heteroatoms. The van der Waals surface area contributed by atoms with E-state index in [4.69, 9.17) is 24.7 Å². The fourth-order valence-corrected chi connectivity index (χ4v) is 2.53. The first-order valence-electron chi connectivity index (χ1n) is 9.00. The van der Waals surface area contributed by atoms with Gasteiger partial charge in [-0.3, -0.25) is 4.79 Å². The molecule has 0 spiro atoms. The highest BCUT2D eigenvalue weighted by atomic mass is 16.6. The summed E-state index contributed by atoms with van der Waals surface area (Å²) < 4.78 is 21.5. The van der Waals surface area contributed by atoms with Gasteiger partial charge in [0.1, 0.15) is 6.29 Å². The van der Waals surface area contributed by atoms with Gasteiger partial charge in [0, 0.05) is 18.9 Å². The average molecular weight is 360 g/mol. The Morgan fingerprint density at radius 3 is 1.84 bits per heavy atom. The molecule has 8 nitrogen and oxygen atoms in total. The Balaban J connectivity index is 1.76. The summed E-state index contributed by atoms with van der Waals surface area (Å²) in [6.45, 7) is 6.95. The highest BCUT2D eigenvalue weighted by molar-refractivity contribution is 5.76. The van der Waals surface area contributed by atoms with E-state index in [2.05, 4.69) is 4.90 Å². The van der Waals surface area contributed by atoms with E-state index in [-0.39, 0.29) is 11.8 Å². The first kappa shape index (κ1) is 22.0. The van der Waals surface area contributed by atoms with Gasteiger partial charge in [0.15, 0.2) is 0 Å². The lowest BCUT2D eigenvalue weighted by Gasteiger charge is -2.30. The number of nitrogens with zero attached hydrogens (tertiary/aromatic N) is 1. The van der Waals surface area contributed by atoms with E-state index in [1.807, 2.05) is 0 Å². The molecule has 1 heterocycles. The minimum absolute atomic E-state index is 0.0377. The van der Waals surface area contributed by atoms with Crippen molar-refractivity contribution in [2.75, 3.05) is 72.5 Å². The van der Waals surface area contributed by atoms with Crippen LogP contribution >= 0.6 is 0 Å². The van der Waals surface area contributed by atoms with Crippen LogP contribution in [0.4, 0.5) is 0 Å². The lowest BCUT2D eigenvalue weighted by molar-refractivity contribution is -0.123. The number of amides is 1. The van der Waals surface area contributed by atoms with Crippen molar-refractivity contribution in [1.29, 1.82) is 0 Å². The molecular formula is C17H32N2O6. The van der Waals surface area contributed by atoms with E-state index in [1.165, 1.54) is 0 Å². The zero-order chi connectivity index (χ0) is 18.2. The Labute approximate surface area is 149 Å². The van der Waals surface area contributed by atoms with E-state index in [0.717, 1.165) is 38.8 Å². The highest BCUT2D eigenvalue weighted by Crippen LogP contribution is 2.15. The topological polar surface area (TPSA) is 100 Å². The Morgan fingerprint density at radius 2 is 1.36 bits per heavy atom. The van der Waals surface area contributed by atoms with Crippen LogP contribution in [-0.4, -0.2) is 89.6 Å². The monoisotopic (exact) mass is 360 g/mol. The van der Waals surface area contributed by atoms with Crippen LogP contribution in [0.2, 0.25) is 0 Å². The number of carbonyl (C=O) groups is 2. The van der Waals surface area contributed by atoms with E-state index in [1.54, 1.807) is 0 Å². The second-order valence-electron chi connectivity index (χ2n) is 5.92. The van der Waals surface area contributed by atoms with Crippen molar-refractivity contribution in [3.8, 4) is 0 Å². The highest BCUT2D eigenvalue weighted by Gasteiger charge is 2.22. The molecule has 0 aromatic carbocycles. The van der Waals surface area contributed by atoms with Gasteiger partial charge >= 0.3 is 0 Å². The van der Waals surface area contributed by atoms with Crippen molar-refractivity contribution in [3.05, 3.63) is 0 Å². The molecule has 0 unspecified atom stereocenters.